The number of thiazole rings is 1. The first-order chi connectivity index (χ1) is 8.88. The summed E-state index contributed by atoms with van der Waals surface area (Å²) < 4.78 is 26.2. The lowest BCUT2D eigenvalue weighted by Crippen LogP contribution is -2.22. The molecule has 2 rings (SSSR count). The molecular formula is C10H10N2O4S3. The number of aromatic nitrogens is 1. The normalized spacial score (nSPS) is 11.6. The molecule has 2 heterocycles. The van der Waals surface area contributed by atoms with Gasteiger partial charge in [-0.1, -0.05) is 0 Å². The summed E-state index contributed by atoms with van der Waals surface area (Å²) in [6.45, 7) is 1.92. The van der Waals surface area contributed by atoms with Gasteiger partial charge in [0.05, 0.1) is 22.8 Å². The van der Waals surface area contributed by atoms with Crippen molar-refractivity contribution in [3.8, 4) is 0 Å². The topological polar surface area (TPSA) is 96.4 Å². The van der Waals surface area contributed by atoms with Crippen molar-refractivity contribution in [3.63, 3.8) is 0 Å². The van der Waals surface area contributed by atoms with Crippen LogP contribution in [0.5, 0.6) is 0 Å². The molecule has 2 aromatic rings. The van der Waals surface area contributed by atoms with Gasteiger partial charge in [-0.25, -0.2) is 22.9 Å². The molecule has 9 heteroatoms. The fourth-order valence-corrected chi connectivity index (χ4v) is 4.11. The fourth-order valence-electron chi connectivity index (χ4n) is 1.30. The lowest BCUT2D eigenvalue weighted by atomic mass is 10.4. The van der Waals surface area contributed by atoms with Gasteiger partial charge in [-0.15, -0.1) is 22.7 Å². The van der Waals surface area contributed by atoms with Gasteiger partial charge in [0.25, 0.3) is 0 Å². The summed E-state index contributed by atoms with van der Waals surface area (Å²) >= 11 is 2.31. The van der Waals surface area contributed by atoms with E-state index in [4.69, 9.17) is 5.11 Å². The highest BCUT2D eigenvalue weighted by atomic mass is 32.2. The van der Waals surface area contributed by atoms with Gasteiger partial charge in [-0.3, -0.25) is 0 Å². The van der Waals surface area contributed by atoms with E-state index < -0.39 is 16.0 Å². The van der Waals surface area contributed by atoms with Gasteiger partial charge in [-0.05, 0) is 13.0 Å². The van der Waals surface area contributed by atoms with E-state index in [1.165, 1.54) is 16.7 Å². The largest absolute Gasteiger partial charge is 0.478 e. The zero-order chi connectivity index (χ0) is 14.0. The third-order valence-corrected chi connectivity index (χ3v) is 5.86. The Morgan fingerprint density at radius 2 is 2.16 bits per heavy atom. The van der Waals surface area contributed by atoms with Crippen molar-refractivity contribution in [1.82, 2.24) is 9.71 Å². The molecule has 2 N–H and O–H groups in total. The number of carboxylic acid groups (broad SMARTS) is 1. The van der Waals surface area contributed by atoms with Crippen molar-refractivity contribution < 1.29 is 18.3 Å². The van der Waals surface area contributed by atoms with Crippen LogP contribution in [0.25, 0.3) is 0 Å². The molecule has 0 aromatic carbocycles. The molecule has 0 fully saturated rings. The molecule has 0 amide bonds. The molecule has 0 atom stereocenters. The standard InChI is InChI=1S/C10H10N2O4S3/c1-6-12-8(5-17-6)3-11-19(15,16)9-2-7(4-18-9)10(13)14/h2,4-5,11H,3H2,1H3,(H,13,14). The minimum absolute atomic E-state index is 0.0168. The van der Waals surface area contributed by atoms with Crippen LogP contribution in [0.15, 0.2) is 21.0 Å². The smallest absolute Gasteiger partial charge is 0.336 e. The summed E-state index contributed by atoms with van der Waals surface area (Å²) in [6, 6.07) is 1.14. The van der Waals surface area contributed by atoms with Crippen molar-refractivity contribution in [3.05, 3.63) is 33.1 Å². The fraction of sp³-hybridized carbons (Fsp3) is 0.200. The number of hydrogen-bond acceptors (Lipinski definition) is 6. The molecule has 0 spiro atoms. The van der Waals surface area contributed by atoms with Crippen LogP contribution < -0.4 is 4.72 Å². The van der Waals surface area contributed by atoms with Gasteiger partial charge < -0.3 is 5.11 Å². The molecule has 0 unspecified atom stereocenters. The molecule has 0 saturated carbocycles. The SMILES string of the molecule is Cc1nc(CNS(=O)(=O)c2cc(C(=O)O)cs2)cs1. The van der Waals surface area contributed by atoms with Crippen molar-refractivity contribution >= 4 is 38.7 Å². The van der Waals surface area contributed by atoms with Gasteiger partial charge in [0.2, 0.25) is 10.0 Å². The molecule has 6 nitrogen and oxygen atoms in total. The summed E-state index contributed by atoms with van der Waals surface area (Å²) in [5.41, 5.74) is 0.607. The molecular weight excluding hydrogens is 308 g/mol. The van der Waals surface area contributed by atoms with Crippen LogP contribution in [-0.2, 0) is 16.6 Å². The minimum Gasteiger partial charge on any atom is -0.478 e. The number of aromatic carboxylic acids is 1. The van der Waals surface area contributed by atoms with E-state index in [2.05, 4.69) is 9.71 Å². The van der Waals surface area contributed by atoms with Crippen LogP contribution in [0, 0.1) is 6.92 Å². The quantitative estimate of drug-likeness (QED) is 0.874. The lowest BCUT2D eigenvalue weighted by Gasteiger charge is -2.02. The van der Waals surface area contributed by atoms with Gasteiger partial charge in [-0.2, -0.15) is 0 Å². The van der Waals surface area contributed by atoms with E-state index in [9.17, 15) is 13.2 Å². The third-order valence-electron chi connectivity index (χ3n) is 2.20. The van der Waals surface area contributed by atoms with Gasteiger partial charge in [0.1, 0.15) is 4.21 Å². The first-order valence-electron chi connectivity index (χ1n) is 5.11. The van der Waals surface area contributed by atoms with Crippen LogP contribution in [0.2, 0.25) is 0 Å². The minimum atomic E-state index is -3.69. The Bertz CT molecular complexity index is 702. The van der Waals surface area contributed by atoms with E-state index in [-0.39, 0.29) is 16.3 Å². The molecule has 0 aliphatic carbocycles. The van der Waals surface area contributed by atoms with Gasteiger partial charge in [0.15, 0.2) is 0 Å². The lowest BCUT2D eigenvalue weighted by molar-refractivity contribution is 0.0697. The van der Waals surface area contributed by atoms with Crippen LogP contribution in [-0.4, -0.2) is 24.5 Å². The molecule has 19 heavy (non-hydrogen) atoms. The van der Waals surface area contributed by atoms with E-state index in [1.54, 1.807) is 5.38 Å². The number of aryl methyl sites for hydroxylation is 1. The maximum absolute atomic E-state index is 11.9. The van der Waals surface area contributed by atoms with Crippen LogP contribution >= 0.6 is 22.7 Å². The Morgan fingerprint density at radius 3 is 2.68 bits per heavy atom. The molecule has 0 aliphatic heterocycles. The first kappa shape index (κ1) is 14.1. The zero-order valence-electron chi connectivity index (χ0n) is 9.78. The van der Waals surface area contributed by atoms with Crippen molar-refractivity contribution in [1.29, 1.82) is 0 Å². The highest BCUT2D eigenvalue weighted by Gasteiger charge is 2.18. The van der Waals surface area contributed by atoms with Crippen LogP contribution in [0.3, 0.4) is 0 Å². The zero-order valence-corrected chi connectivity index (χ0v) is 12.2. The molecule has 0 radical (unpaired) electrons. The Kier molecular flexibility index (Phi) is 3.99. The van der Waals surface area contributed by atoms with E-state index in [1.807, 2.05) is 6.92 Å². The van der Waals surface area contributed by atoms with Crippen LogP contribution in [0.4, 0.5) is 0 Å². The second kappa shape index (κ2) is 5.37. The Balaban J connectivity index is 2.11. The molecule has 0 aliphatic rings. The number of rotatable bonds is 5. The number of thiophene rings is 1. The first-order valence-corrected chi connectivity index (χ1v) is 8.35. The molecule has 2 aromatic heterocycles. The molecule has 0 saturated heterocycles. The van der Waals surface area contributed by atoms with Crippen molar-refractivity contribution in [2.75, 3.05) is 0 Å². The van der Waals surface area contributed by atoms with E-state index >= 15 is 0 Å². The Morgan fingerprint density at radius 1 is 1.42 bits per heavy atom. The number of nitrogens with one attached hydrogen (secondary N) is 1. The van der Waals surface area contributed by atoms with E-state index in [0.717, 1.165) is 22.4 Å². The van der Waals surface area contributed by atoms with Crippen LogP contribution in [0.1, 0.15) is 21.1 Å². The summed E-state index contributed by atoms with van der Waals surface area (Å²) in [5, 5.41) is 12.7. The summed E-state index contributed by atoms with van der Waals surface area (Å²) in [7, 11) is -3.69. The number of nitrogens with zero attached hydrogens (tertiary/aromatic N) is 1. The van der Waals surface area contributed by atoms with Crippen molar-refractivity contribution in [2.24, 2.45) is 0 Å². The predicted octanol–water partition coefficient (Wildman–Crippen LogP) is 1.69. The Labute approximate surface area is 117 Å². The monoisotopic (exact) mass is 318 g/mol. The number of carboxylic acids is 1. The maximum Gasteiger partial charge on any atom is 0.336 e. The molecule has 102 valence electrons. The van der Waals surface area contributed by atoms with Gasteiger partial charge in [0, 0.05) is 10.8 Å². The van der Waals surface area contributed by atoms with Crippen molar-refractivity contribution in [2.45, 2.75) is 17.7 Å². The highest BCUT2D eigenvalue weighted by Crippen LogP contribution is 2.20. The third kappa shape index (κ3) is 3.38. The second-order valence-electron chi connectivity index (χ2n) is 3.64. The average Bonchev–Trinajstić information content (AvgIpc) is 2.95. The molecule has 0 bridgehead atoms. The summed E-state index contributed by atoms with van der Waals surface area (Å²) in [6.07, 6.45) is 0. The van der Waals surface area contributed by atoms with E-state index in [0.29, 0.717) is 5.69 Å². The van der Waals surface area contributed by atoms with Gasteiger partial charge >= 0.3 is 5.97 Å². The average molecular weight is 318 g/mol. The number of sulfonamides is 1. The maximum atomic E-state index is 11.9. The highest BCUT2D eigenvalue weighted by molar-refractivity contribution is 7.91. The Hall–Kier alpha value is -1.29. The summed E-state index contributed by atoms with van der Waals surface area (Å²) in [4.78, 5) is 14.8. The second-order valence-corrected chi connectivity index (χ2v) is 7.61. The number of carbonyl (C=O) groups is 1. The number of hydrogen-bond donors (Lipinski definition) is 2. The summed E-state index contributed by atoms with van der Waals surface area (Å²) in [5.74, 6) is -1.15. The predicted molar refractivity (Wildman–Crippen MR) is 72.2 cm³/mol.